The maximum atomic E-state index is 12.1. The van der Waals surface area contributed by atoms with Gasteiger partial charge in [0.05, 0.1) is 4.83 Å². The predicted octanol–water partition coefficient (Wildman–Crippen LogP) is 3.54. The first kappa shape index (κ1) is 19.2. The van der Waals surface area contributed by atoms with Crippen molar-refractivity contribution in [1.29, 1.82) is 0 Å². The second-order valence-electron chi connectivity index (χ2n) is 4.35. The Balaban J connectivity index is 0.00000220. The molecule has 6 heteroatoms. The first-order valence-corrected chi connectivity index (χ1v) is 8.76. The number of amides is 1. The largest absolute Gasteiger partial charge is 0.483 e. The molecule has 0 spiro atoms. The molecule has 3 nitrogen and oxygen atoms in total. The van der Waals surface area contributed by atoms with E-state index in [2.05, 4.69) is 22.0 Å². The van der Waals surface area contributed by atoms with Crippen LogP contribution in [-0.4, -0.2) is 34.4 Å². The Morgan fingerprint density at radius 3 is 2.67 bits per heavy atom. The molecule has 1 heterocycles. The zero-order valence-corrected chi connectivity index (χ0v) is 17.4. The minimum Gasteiger partial charge on any atom is -0.483 e. The molecule has 21 heavy (non-hydrogen) atoms. The first-order chi connectivity index (χ1) is 9.67. The molecular weight excluding hydrogens is 427 g/mol. The molecule has 0 saturated carbocycles. The van der Waals surface area contributed by atoms with Crippen LogP contribution in [0, 0.1) is 6.08 Å². The van der Waals surface area contributed by atoms with Crippen molar-refractivity contribution in [1.82, 2.24) is 4.90 Å². The van der Waals surface area contributed by atoms with Crippen LogP contribution in [0.2, 0.25) is 0 Å². The molecule has 1 aliphatic rings. The second-order valence-corrected chi connectivity index (χ2v) is 6.27. The fourth-order valence-electron chi connectivity index (χ4n) is 2.06. The van der Waals surface area contributed by atoms with Gasteiger partial charge in [-0.25, -0.2) is 6.08 Å². The van der Waals surface area contributed by atoms with Crippen LogP contribution in [0.5, 0.6) is 5.75 Å². The topological polar surface area (TPSA) is 29.5 Å². The molecule has 1 atom stereocenters. The molecule has 1 aromatic carbocycles. The summed E-state index contributed by atoms with van der Waals surface area (Å²) in [7, 11) is 0. The molecule has 0 aromatic heterocycles. The molecule has 1 aliphatic heterocycles. The third kappa shape index (κ3) is 4.82. The van der Waals surface area contributed by atoms with Crippen molar-refractivity contribution in [2.75, 3.05) is 18.7 Å². The quantitative estimate of drug-likeness (QED) is 0.396. The van der Waals surface area contributed by atoms with Gasteiger partial charge in [-0.3, -0.25) is 4.79 Å². The van der Waals surface area contributed by atoms with Gasteiger partial charge in [0.15, 0.2) is 0 Å². The molecule has 0 aliphatic carbocycles. The number of ether oxygens (including phenoxy) is 1. The van der Waals surface area contributed by atoms with E-state index in [-0.39, 0.29) is 43.4 Å². The number of allylic oxidation sites excluding steroid dienone is 1. The molecular formula is C15H17BrNO2SY-. The van der Waals surface area contributed by atoms with Crippen molar-refractivity contribution in [2.45, 2.75) is 18.2 Å². The number of nitrogens with zero attached hydrogens (tertiary/aromatic N) is 1. The Kier molecular flexibility index (Phi) is 8.54. The number of alkyl halides is 1. The molecule has 1 aromatic rings. The van der Waals surface area contributed by atoms with Crippen LogP contribution in [0.1, 0.15) is 18.9 Å². The summed E-state index contributed by atoms with van der Waals surface area (Å²) in [4.78, 5) is 13.7. The Labute approximate surface area is 163 Å². The minimum atomic E-state index is -0.157. The Morgan fingerprint density at radius 2 is 2.10 bits per heavy atom. The number of rotatable bonds is 5. The van der Waals surface area contributed by atoms with Crippen LogP contribution in [0.4, 0.5) is 0 Å². The monoisotopic (exact) mass is 443 g/mol. The molecule has 0 fully saturated rings. The smallest absolute Gasteiger partial charge is 0.236 e. The van der Waals surface area contributed by atoms with E-state index in [4.69, 9.17) is 4.74 Å². The summed E-state index contributed by atoms with van der Waals surface area (Å²) in [6.07, 6.45) is 5.91. The molecule has 111 valence electrons. The number of hydrogen-bond acceptors (Lipinski definition) is 3. The average Bonchev–Trinajstić information content (AvgIpc) is 2.48. The van der Waals surface area contributed by atoms with Crippen LogP contribution in [0.25, 0.3) is 5.70 Å². The predicted molar refractivity (Wildman–Crippen MR) is 86.8 cm³/mol. The third-order valence-corrected chi connectivity index (χ3v) is 4.11. The Hall–Kier alpha value is 0.164. The van der Waals surface area contributed by atoms with Crippen molar-refractivity contribution in [3.8, 4) is 5.75 Å². The van der Waals surface area contributed by atoms with Gasteiger partial charge in [0.25, 0.3) is 0 Å². The fourth-order valence-corrected chi connectivity index (χ4v) is 2.72. The normalized spacial score (nSPS) is 18.0. The zero-order chi connectivity index (χ0) is 14.5. The number of carbonyl (C=O) groups is 1. The van der Waals surface area contributed by atoms with E-state index in [0.717, 1.165) is 17.0 Å². The van der Waals surface area contributed by atoms with E-state index in [1.165, 1.54) is 0 Å². The van der Waals surface area contributed by atoms with E-state index in [9.17, 15) is 4.79 Å². The number of benzene rings is 1. The first-order valence-electron chi connectivity index (χ1n) is 6.45. The summed E-state index contributed by atoms with van der Waals surface area (Å²) in [5.74, 6) is 1.58. The maximum absolute atomic E-state index is 12.1. The molecule has 0 saturated heterocycles. The summed E-state index contributed by atoms with van der Waals surface area (Å²) in [5.41, 5.74) is 1.86. The van der Waals surface area contributed by atoms with Gasteiger partial charge in [-0.1, -0.05) is 22.4 Å². The Morgan fingerprint density at radius 1 is 1.43 bits per heavy atom. The van der Waals surface area contributed by atoms with Gasteiger partial charge in [-0.2, -0.15) is 5.56 Å². The van der Waals surface area contributed by atoms with Crippen LogP contribution in [-0.2, 0) is 37.5 Å². The summed E-state index contributed by atoms with van der Waals surface area (Å²) in [5, 5.41) is 0. The van der Waals surface area contributed by atoms with Gasteiger partial charge in [0, 0.05) is 39.3 Å². The van der Waals surface area contributed by atoms with Gasteiger partial charge >= 0.3 is 0 Å². The standard InChI is InChI=1S/C15H17BrNO2S.Y/c1-3-17-14(9-8-13(16)15(17)18)11-4-6-12(7-5-11)19-10-20-2;/h4-7,13H,3,8,10H2,1-2H3;/q-1;. The number of hydrogen-bond donors (Lipinski definition) is 0. The number of halogens is 1. The van der Waals surface area contributed by atoms with E-state index in [0.29, 0.717) is 18.9 Å². The van der Waals surface area contributed by atoms with Crippen molar-refractivity contribution in [3.63, 3.8) is 0 Å². The van der Waals surface area contributed by atoms with Gasteiger partial charge in [-0.05, 0) is 25.3 Å². The zero-order valence-electron chi connectivity index (χ0n) is 12.1. The van der Waals surface area contributed by atoms with Crippen molar-refractivity contribution in [3.05, 3.63) is 35.9 Å². The van der Waals surface area contributed by atoms with E-state index in [1.54, 1.807) is 16.7 Å². The molecule has 1 unspecified atom stereocenters. The molecule has 1 amide bonds. The maximum Gasteiger partial charge on any atom is 0.236 e. The van der Waals surface area contributed by atoms with Crippen molar-refractivity contribution in [2.24, 2.45) is 0 Å². The van der Waals surface area contributed by atoms with E-state index >= 15 is 0 Å². The average molecular weight is 444 g/mol. The van der Waals surface area contributed by atoms with Crippen LogP contribution >= 0.6 is 27.7 Å². The molecule has 0 bridgehead atoms. The SMILES string of the molecule is CCN1C(=O)C(Br)C[C-]=C1c1ccc(OCSC)cc1.[Y]. The van der Waals surface area contributed by atoms with Gasteiger partial charge in [0.1, 0.15) is 11.7 Å². The summed E-state index contributed by atoms with van der Waals surface area (Å²) in [6, 6.07) is 7.81. The van der Waals surface area contributed by atoms with E-state index < -0.39 is 0 Å². The van der Waals surface area contributed by atoms with Crippen LogP contribution in [0.15, 0.2) is 24.3 Å². The van der Waals surface area contributed by atoms with Gasteiger partial charge in [0.2, 0.25) is 5.91 Å². The summed E-state index contributed by atoms with van der Waals surface area (Å²) >= 11 is 5.02. The van der Waals surface area contributed by atoms with Crippen LogP contribution < -0.4 is 4.74 Å². The number of carbonyl (C=O) groups excluding carboxylic acids is 1. The molecule has 1 radical (unpaired) electrons. The van der Waals surface area contributed by atoms with Gasteiger partial charge in [-0.15, -0.1) is 29.6 Å². The summed E-state index contributed by atoms with van der Waals surface area (Å²) in [6.45, 7) is 2.62. The van der Waals surface area contributed by atoms with Crippen molar-refractivity contribution >= 4 is 39.3 Å². The second kappa shape index (κ2) is 9.34. The van der Waals surface area contributed by atoms with Gasteiger partial charge < -0.3 is 9.64 Å². The van der Waals surface area contributed by atoms with Crippen LogP contribution in [0.3, 0.4) is 0 Å². The minimum absolute atomic E-state index is 0. The fraction of sp³-hybridized carbons (Fsp3) is 0.400. The van der Waals surface area contributed by atoms with Crippen molar-refractivity contribution < 1.29 is 42.2 Å². The molecule has 0 N–H and O–H groups in total. The Bertz CT molecular complexity index is 507. The summed E-state index contributed by atoms with van der Waals surface area (Å²) < 4.78 is 5.53. The van der Waals surface area contributed by atoms with E-state index in [1.807, 2.05) is 37.4 Å². The number of thioether (sulfide) groups is 1. The molecule has 2 rings (SSSR count). The third-order valence-electron chi connectivity index (χ3n) is 3.04.